The zero-order valence-electron chi connectivity index (χ0n) is 17.4. The van der Waals surface area contributed by atoms with Crippen molar-refractivity contribution in [3.63, 3.8) is 0 Å². The van der Waals surface area contributed by atoms with Gasteiger partial charge in [-0.3, -0.25) is 4.90 Å². The van der Waals surface area contributed by atoms with Crippen LogP contribution in [0.2, 0.25) is 0 Å². The number of hydrogen-bond donors (Lipinski definition) is 2. The molecule has 5 aliphatic rings. The Balaban J connectivity index is 1.33. The highest BCUT2D eigenvalue weighted by Gasteiger charge is 2.63. The van der Waals surface area contributed by atoms with Crippen LogP contribution in [-0.4, -0.2) is 45.6 Å². The third-order valence-corrected chi connectivity index (χ3v) is 8.03. The molecule has 0 amide bonds. The van der Waals surface area contributed by atoms with E-state index in [1.54, 1.807) is 0 Å². The number of H-pyrrole nitrogens is 1. The van der Waals surface area contributed by atoms with Crippen LogP contribution >= 0.6 is 0 Å². The maximum absolute atomic E-state index is 5.97. The van der Waals surface area contributed by atoms with Gasteiger partial charge in [-0.05, 0) is 55.7 Å². The molecule has 2 aromatic heterocycles. The Kier molecular flexibility index (Phi) is 3.51. The standard InChI is InChI=1S/C25H28N4O/c1-15-8-20-19-4-2-3-5-21(19)28-23(20)24(29(15)25-9-16(10-25)11-25)17-6-7-22(27-12-17)30-18-13-26-14-18/h2-7,12,15-16,18,24,26,28H,8-11,13-14H2,1H3/t15-,16?,24-,25?/m1/s1. The van der Waals surface area contributed by atoms with E-state index in [0.29, 0.717) is 11.6 Å². The molecule has 5 nitrogen and oxygen atoms in total. The first-order chi connectivity index (χ1) is 14.7. The summed E-state index contributed by atoms with van der Waals surface area (Å²) in [7, 11) is 0. The Morgan fingerprint density at radius 3 is 2.60 bits per heavy atom. The lowest BCUT2D eigenvalue weighted by Gasteiger charge is -2.70. The summed E-state index contributed by atoms with van der Waals surface area (Å²) in [6.45, 7) is 4.26. The van der Waals surface area contributed by atoms with Crippen LogP contribution in [0.4, 0.5) is 0 Å². The Morgan fingerprint density at radius 2 is 1.93 bits per heavy atom. The molecule has 4 heterocycles. The number of benzene rings is 1. The number of aromatic nitrogens is 2. The molecule has 0 spiro atoms. The van der Waals surface area contributed by atoms with Gasteiger partial charge in [0.1, 0.15) is 6.10 Å². The molecule has 1 saturated heterocycles. The molecular weight excluding hydrogens is 372 g/mol. The fourth-order valence-corrected chi connectivity index (χ4v) is 6.42. The van der Waals surface area contributed by atoms with Crippen molar-refractivity contribution >= 4 is 10.9 Å². The minimum Gasteiger partial charge on any atom is -0.472 e. The summed E-state index contributed by atoms with van der Waals surface area (Å²) < 4.78 is 5.97. The molecule has 2 aliphatic heterocycles. The summed E-state index contributed by atoms with van der Waals surface area (Å²) in [5, 5.41) is 4.63. The van der Waals surface area contributed by atoms with Crippen LogP contribution < -0.4 is 10.1 Å². The Hall–Kier alpha value is -2.37. The lowest BCUT2D eigenvalue weighted by molar-refractivity contribution is -0.174. The zero-order chi connectivity index (χ0) is 19.9. The number of nitrogens with zero attached hydrogens (tertiary/aromatic N) is 2. The average Bonchev–Trinajstić information content (AvgIpc) is 3.02. The van der Waals surface area contributed by atoms with Crippen molar-refractivity contribution in [1.29, 1.82) is 0 Å². The van der Waals surface area contributed by atoms with Gasteiger partial charge in [-0.1, -0.05) is 24.3 Å². The minimum atomic E-state index is 0.240. The summed E-state index contributed by atoms with van der Waals surface area (Å²) in [5.41, 5.74) is 5.79. The number of rotatable bonds is 4. The van der Waals surface area contributed by atoms with Gasteiger partial charge in [0.05, 0.1) is 6.04 Å². The summed E-state index contributed by atoms with van der Waals surface area (Å²) in [4.78, 5) is 11.4. The highest BCUT2D eigenvalue weighted by molar-refractivity contribution is 5.85. The second-order valence-corrected chi connectivity index (χ2v) is 9.96. The van der Waals surface area contributed by atoms with Crippen LogP contribution in [0.5, 0.6) is 5.88 Å². The quantitative estimate of drug-likeness (QED) is 0.699. The molecule has 2 N–H and O–H groups in total. The van der Waals surface area contributed by atoms with Crippen molar-refractivity contribution in [2.24, 2.45) is 5.92 Å². The average molecular weight is 401 g/mol. The maximum Gasteiger partial charge on any atom is 0.213 e. The molecule has 2 bridgehead atoms. The van der Waals surface area contributed by atoms with Crippen molar-refractivity contribution in [1.82, 2.24) is 20.2 Å². The number of para-hydroxylation sites is 1. The molecule has 3 aromatic rings. The molecule has 8 rings (SSSR count). The third-order valence-electron chi connectivity index (χ3n) is 8.03. The van der Waals surface area contributed by atoms with Crippen LogP contribution in [0, 0.1) is 5.92 Å². The van der Waals surface area contributed by atoms with Gasteiger partial charge in [-0.15, -0.1) is 0 Å². The topological polar surface area (TPSA) is 53.2 Å². The van der Waals surface area contributed by atoms with E-state index in [1.165, 1.54) is 47.0 Å². The van der Waals surface area contributed by atoms with Crippen LogP contribution in [0.25, 0.3) is 10.9 Å². The first kappa shape index (κ1) is 17.3. The first-order valence-electron chi connectivity index (χ1n) is 11.4. The second kappa shape index (κ2) is 6.08. The molecule has 0 radical (unpaired) electrons. The fraction of sp³-hybridized carbons (Fsp3) is 0.480. The van der Waals surface area contributed by atoms with Crippen LogP contribution in [0.15, 0.2) is 42.6 Å². The van der Waals surface area contributed by atoms with E-state index in [1.807, 2.05) is 0 Å². The summed E-state index contributed by atoms with van der Waals surface area (Å²) in [5.74, 6) is 1.70. The van der Waals surface area contributed by atoms with E-state index in [0.717, 1.165) is 31.3 Å². The number of fused-ring (bicyclic) bond motifs is 3. The van der Waals surface area contributed by atoms with Gasteiger partial charge in [-0.25, -0.2) is 4.98 Å². The van der Waals surface area contributed by atoms with Crippen molar-refractivity contribution in [3.05, 3.63) is 59.4 Å². The van der Waals surface area contributed by atoms with E-state index in [9.17, 15) is 0 Å². The van der Waals surface area contributed by atoms with Gasteiger partial charge < -0.3 is 15.0 Å². The van der Waals surface area contributed by atoms with E-state index in [4.69, 9.17) is 9.72 Å². The monoisotopic (exact) mass is 400 g/mol. The van der Waals surface area contributed by atoms with Gasteiger partial charge in [0.15, 0.2) is 0 Å². The number of ether oxygens (including phenoxy) is 1. The molecular formula is C25H28N4O. The molecule has 4 fully saturated rings. The predicted molar refractivity (Wildman–Crippen MR) is 117 cm³/mol. The molecule has 5 heteroatoms. The van der Waals surface area contributed by atoms with Gasteiger partial charge in [0, 0.05) is 53.5 Å². The fourth-order valence-electron chi connectivity index (χ4n) is 6.42. The van der Waals surface area contributed by atoms with E-state index in [2.05, 4.69) is 64.7 Å². The van der Waals surface area contributed by atoms with Crippen LogP contribution in [-0.2, 0) is 6.42 Å². The van der Waals surface area contributed by atoms with E-state index >= 15 is 0 Å². The number of nitrogens with one attached hydrogen (secondary N) is 2. The molecule has 3 aliphatic carbocycles. The van der Waals surface area contributed by atoms with Crippen molar-refractivity contribution in [2.45, 2.75) is 56.3 Å². The number of pyridine rings is 1. The normalized spacial score (nSPS) is 32.8. The third kappa shape index (κ3) is 2.33. The molecule has 30 heavy (non-hydrogen) atoms. The largest absolute Gasteiger partial charge is 0.472 e. The zero-order valence-corrected chi connectivity index (χ0v) is 17.4. The van der Waals surface area contributed by atoms with Gasteiger partial charge in [0.25, 0.3) is 0 Å². The highest BCUT2D eigenvalue weighted by atomic mass is 16.5. The summed E-state index contributed by atoms with van der Waals surface area (Å²) >= 11 is 0. The molecule has 1 aromatic carbocycles. The molecule has 2 atom stereocenters. The van der Waals surface area contributed by atoms with Gasteiger partial charge >= 0.3 is 0 Å². The predicted octanol–water partition coefficient (Wildman–Crippen LogP) is 3.80. The van der Waals surface area contributed by atoms with Gasteiger partial charge in [0.2, 0.25) is 5.88 Å². The van der Waals surface area contributed by atoms with Crippen LogP contribution in [0.1, 0.15) is 49.0 Å². The lowest BCUT2D eigenvalue weighted by Crippen LogP contribution is -2.71. The minimum absolute atomic E-state index is 0.240. The summed E-state index contributed by atoms with van der Waals surface area (Å²) in [6, 6.07) is 13.8. The van der Waals surface area contributed by atoms with E-state index < -0.39 is 0 Å². The van der Waals surface area contributed by atoms with Crippen molar-refractivity contribution < 1.29 is 4.74 Å². The smallest absolute Gasteiger partial charge is 0.213 e. The molecule has 0 unspecified atom stereocenters. The Bertz CT molecular complexity index is 1100. The Morgan fingerprint density at radius 1 is 1.10 bits per heavy atom. The molecule has 3 saturated carbocycles. The molecule has 154 valence electrons. The Labute approximate surface area is 176 Å². The highest BCUT2D eigenvalue weighted by Crippen LogP contribution is 2.64. The second-order valence-electron chi connectivity index (χ2n) is 9.96. The number of hydrogen-bond acceptors (Lipinski definition) is 4. The lowest BCUT2D eigenvalue weighted by atomic mass is 9.48. The SMILES string of the molecule is C[C@@H]1Cc2c([nH]c3ccccc23)[C@@H](c2ccc(OC3CNC3)nc2)N1C12CC(C1)C2. The van der Waals surface area contributed by atoms with Crippen molar-refractivity contribution in [2.75, 3.05) is 13.1 Å². The van der Waals surface area contributed by atoms with Gasteiger partial charge in [-0.2, -0.15) is 0 Å². The summed E-state index contributed by atoms with van der Waals surface area (Å²) in [6.07, 6.45) is 7.53. The van der Waals surface area contributed by atoms with E-state index in [-0.39, 0.29) is 12.1 Å². The van der Waals surface area contributed by atoms with Crippen molar-refractivity contribution in [3.8, 4) is 5.88 Å². The van der Waals surface area contributed by atoms with Crippen LogP contribution in [0.3, 0.4) is 0 Å². The number of aromatic amines is 1. The first-order valence-corrected chi connectivity index (χ1v) is 11.4. The maximum atomic E-state index is 5.97.